The number of hydrogen-bond donors (Lipinski definition) is 2. The Kier molecular flexibility index (Phi) is 8.03. The Labute approximate surface area is 228 Å². The molecule has 38 heavy (non-hydrogen) atoms. The van der Waals surface area contributed by atoms with Crippen LogP contribution in [0.4, 0.5) is 4.39 Å². The maximum Gasteiger partial charge on any atom is 0.254 e. The van der Waals surface area contributed by atoms with E-state index in [4.69, 9.17) is 21.1 Å². The molecule has 9 nitrogen and oxygen atoms in total. The fraction of sp³-hybridized carbons (Fsp3) is 0.423. The summed E-state index contributed by atoms with van der Waals surface area (Å²) in [6, 6.07) is 9.04. The molecular weight excluding hydrogens is 535 g/mol. The van der Waals surface area contributed by atoms with Gasteiger partial charge in [-0.1, -0.05) is 40.7 Å². The summed E-state index contributed by atoms with van der Waals surface area (Å²) in [5.41, 5.74) is 1.22. The van der Waals surface area contributed by atoms with Gasteiger partial charge in [-0.05, 0) is 43.2 Å². The molecule has 2 saturated heterocycles. The Morgan fingerprint density at radius 2 is 2.08 bits per heavy atom. The summed E-state index contributed by atoms with van der Waals surface area (Å²) in [6.07, 6.45) is -0.335. The molecule has 1 aromatic heterocycles. The summed E-state index contributed by atoms with van der Waals surface area (Å²) in [7, 11) is 1.48. The number of ether oxygens (including phenoxy) is 2. The third-order valence-corrected chi connectivity index (χ3v) is 8.38. The molecule has 0 aliphatic carbocycles. The SMILES string of the molecule is COC1C(n2cc(-c3ccc(C)c(F)c3)nn2)[C@@H](O)C(CO)O[C@@H]1Sc1cc(Cl)ccc1C(=O)N1CCC1. The molecule has 202 valence electrons. The highest BCUT2D eigenvalue weighted by Gasteiger charge is 2.48. The number of aliphatic hydroxyl groups excluding tert-OH is 2. The number of amides is 1. The van der Waals surface area contributed by atoms with E-state index in [2.05, 4.69) is 10.3 Å². The molecular formula is C26H28ClFN4O5S. The van der Waals surface area contributed by atoms with Crippen molar-refractivity contribution in [3.05, 3.63) is 64.6 Å². The van der Waals surface area contributed by atoms with Gasteiger partial charge in [0, 0.05) is 35.7 Å². The van der Waals surface area contributed by atoms with Crippen molar-refractivity contribution in [2.24, 2.45) is 0 Å². The standard InChI is InChI=1S/C26H28ClFN4O5S/c1-14-4-5-15(10-18(14)28)19-12-32(30-29-19)22-23(34)20(13-33)37-26(24(22)36-2)38-21-11-16(27)6-7-17(21)25(35)31-8-3-9-31/h4-7,10-12,20,22-24,26,33-34H,3,8-9,13H2,1-2H3/t20?,22?,23-,24?,26+/m0/s1. The van der Waals surface area contributed by atoms with Gasteiger partial charge >= 0.3 is 0 Å². The molecule has 1 amide bonds. The van der Waals surface area contributed by atoms with Crippen LogP contribution in [0.5, 0.6) is 0 Å². The van der Waals surface area contributed by atoms with E-state index in [1.165, 1.54) is 29.6 Å². The van der Waals surface area contributed by atoms with Crippen molar-refractivity contribution in [1.82, 2.24) is 19.9 Å². The molecule has 5 atom stereocenters. The maximum atomic E-state index is 14.2. The van der Waals surface area contributed by atoms with E-state index in [0.717, 1.165) is 6.42 Å². The maximum absolute atomic E-state index is 14.2. The topological polar surface area (TPSA) is 110 Å². The Bertz CT molecular complexity index is 1320. The van der Waals surface area contributed by atoms with Gasteiger partial charge in [0.2, 0.25) is 0 Å². The van der Waals surface area contributed by atoms with E-state index >= 15 is 0 Å². The first-order valence-corrected chi connectivity index (χ1v) is 13.5. The second kappa shape index (κ2) is 11.3. The minimum absolute atomic E-state index is 0.0956. The Morgan fingerprint density at radius 3 is 2.74 bits per heavy atom. The van der Waals surface area contributed by atoms with Gasteiger partial charge in [-0.3, -0.25) is 4.79 Å². The molecule has 2 aliphatic rings. The van der Waals surface area contributed by atoms with Crippen LogP contribution in [0.3, 0.4) is 0 Å². The van der Waals surface area contributed by atoms with E-state index in [0.29, 0.717) is 45.4 Å². The summed E-state index contributed by atoms with van der Waals surface area (Å²) >= 11 is 7.52. The zero-order valence-corrected chi connectivity index (χ0v) is 22.4. The number of halogens is 2. The Balaban J connectivity index is 1.47. The van der Waals surface area contributed by atoms with Crippen molar-refractivity contribution in [2.45, 2.75) is 48.0 Å². The molecule has 0 bridgehead atoms. The van der Waals surface area contributed by atoms with Gasteiger partial charge in [0.25, 0.3) is 5.91 Å². The first-order chi connectivity index (χ1) is 18.3. The molecule has 12 heteroatoms. The van der Waals surface area contributed by atoms with Crippen LogP contribution in [-0.2, 0) is 9.47 Å². The second-order valence-corrected chi connectivity index (χ2v) is 10.9. The fourth-order valence-corrected chi connectivity index (χ4v) is 6.17. The first-order valence-electron chi connectivity index (χ1n) is 12.2. The number of aliphatic hydroxyl groups is 2. The number of likely N-dealkylation sites (tertiary alicyclic amines) is 1. The predicted octanol–water partition coefficient (Wildman–Crippen LogP) is 3.32. The van der Waals surface area contributed by atoms with Crippen molar-refractivity contribution in [3.63, 3.8) is 0 Å². The quantitative estimate of drug-likeness (QED) is 0.451. The van der Waals surface area contributed by atoms with Gasteiger partial charge in [0.05, 0.1) is 18.4 Å². The van der Waals surface area contributed by atoms with E-state index < -0.39 is 36.4 Å². The van der Waals surface area contributed by atoms with Crippen LogP contribution in [-0.4, -0.2) is 86.6 Å². The number of aromatic nitrogens is 3. The molecule has 0 spiro atoms. The van der Waals surface area contributed by atoms with Gasteiger partial charge in [-0.15, -0.1) is 5.10 Å². The first kappa shape index (κ1) is 27.0. The number of hydrogen-bond acceptors (Lipinski definition) is 8. The lowest BCUT2D eigenvalue weighted by molar-refractivity contribution is -0.186. The summed E-state index contributed by atoms with van der Waals surface area (Å²) in [5, 5.41) is 30.0. The van der Waals surface area contributed by atoms with E-state index in [1.54, 1.807) is 48.4 Å². The highest BCUT2D eigenvalue weighted by molar-refractivity contribution is 8.00. The van der Waals surface area contributed by atoms with Crippen LogP contribution in [0.2, 0.25) is 5.02 Å². The normalized spacial score (nSPS) is 25.3. The number of rotatable bonds is 7. The zero-order chi connectivity index (χ0) is 27.0. The van der Waals surface area contributed by atoms with Gasteiger partial charge in [-0.25, -0.2) is 9.07 Å². The Morgan fingerprint density at radius 1 is 1.29 bits per heavy atom. The zero-order valence-electron chi connectivity index (χ0n) is 20.8. The molecule has 3 heterocycles. The number of thioether (sulfide) groups is 1. The lowest BCUT2D eigenvalue weighted by atomic mass is 9.97. The summed E-state index contributed by atoms with van der Waals surface area (Å²) in [5.74, 6) is -0.457. The van der Waals surface area contributed by atoms with Crippen molar-refractivity contribution in [3.8, 4) is 11.3 Å². The van der Waals surface area contributed by atoms with Crippen LogP contribution >= 0.6 is 23.4 Å². The van der Waals surface area contributed by atoms with Crippen molar-refractivity contribution in [2.75, 3.05) is 26.8 Å². The molecule has 0 radical (unpaired) electrons. The number of carbonyl (C=O) groups excluding carboxylic acids is 1. The Hall–Kier alpha value is -2.54. The van der Waals surface area contributed by atoms with E-state index in [-0.39, 0.29) is 11.7 Å². The molecule has 0 saturated carbocycles. The molecule has 2 N–H and O–H groups in total. The van der Waals surface area contributed by atoms with E-state index in [1.807, 2.05) is 0 Å². The van der Waals surface area contributed by atoms with Gasteiger partial charge < -0.3 is 24.6 Å². The third-order valence-electron chi connectivity index (χ3n) is 6.94. The van der Waals surface area contributed by atoms with Crippen LogP contribution in [0, 0.1) is 12.7 Å². The number of nitrogens with zero attached hydrogens (tertiary/aromatic N) is 4. The average Bonchev–Trinajstić information content (AvgIpc) is 3.35. The minimum Gasteiger partial charge on any atom is -0.394 e. The lowest BCUT2D eigenvalue weighted by Crippen LogP contribution is -2.55. The third kappa shape index (κ3) is 5.18. The van der Waals surface area contributed by atoms with Gasteiger partial charge in [-0.2, -0.15) is 0 Å². The molecule has 3 unspecified atom stereocenters. The number of carbonyl (C=O) groups is 1. The van der Waals surface area contributed by atoms with Crippen LogP contribution in [0.1, 0.15) is 28.4 Å². The smallest absolute Gasteiger partial charge is 0.254 e. The number of benzene rings is 2. The van der Waals surface area contributed by atoms with Crippen LogP contribution in [0.15, 0.2) is 47.5 Å². The minimum atomic E-state index is -1.19. The largest absolute Gasteiger partial charge is 0.394 e. The molecule has 3 aromatic rings. The van der Waals surface area contributed by atoms with Crippen molar-refractivity contribution >= 4 is 29.3 Å². The van der Waals surface area contributed by atoms with Gasteiger partial charge in [0.1, 0.15) is 41.3 Å². The highest BCUT2D eigenvalue weighted by atomic mass is 35.5. The molecule has 2 fully saturated rings. The monoisotopic (exact) mass is 562 g/mol. The molecule has 5 rings (SSSR count). The molecule has 2 aromatic carbocycles. The summed E-state index contributed by atoms with van der Waals surface area (Å²) in [6.45, 7) is 2.62. The van der Waals surface area contributed by atoms with Gasteiger partial charge in [0.15, 0.2) is 0 Å². The van der Waals surface area contributed by atoms with Crippen LogP contribution in [0.25, 0.3) is 11.3 Å². The second-order valence-electron chi connectivity index (χ2n) is 9.36. The van der Waals surface area contributed by atoms with Crippen LogP contribution < -0.4 is 0 Å². The van der Waals surface area contributed by atoms with Crippen molar-refractivity contribution < 1.29 is 28.9 Å². The summed E-state index contributed by atoms with van der Waals surface area (Å²) < 4.78 is 27.5. The van der Waals surface area contributed by atoms with E-state index in [9.17, 15) is 19.4 Å². The highest BCUT2D eigenvalue weighted by Crippen LogP contribution is 2.41. The molecule has 2 aliphatic heterocycles. The number of aryl methyl sites for hydroxylation is 1. The lowest BCUT2D eigenvalue weighted by Gasteiger charge is -2.43. The summed E-state index contributed by atoms with van der Waals surface area (Å²) in [4.78, 5) is 15.4. The van der Waals surface area contributed by atoms with Crippen molar-refractivity contribution in [1.29, 1.82) is 0 Å². The predicted molar refractivity (Wildman–Crippen MR) is 140 cm³/mol. The average molecular weight is 563 g/mol. The number of methoxy groups -OCH3 is 1. The fourth-order valence-electron chi connectivity index (χ4n) is 4.60.